The molecule has 3 rings (SSSR count). The molecule has 1 aromatic heterocycles. The van der Waals surface area contributed by atoms with Crippen LogP contribution in [0.5, 0.6) is 11.5 Å². The summed E-state index contributed by atoms with van der Waals surface area (Å²) in [5, 5.41) is 0.510. The van der Waals surface area contributed by atoms with Gasteiger partial charge < -0.3 is 18.6 Å². The highest BCUT2D eigenvalue weighted by Gasteiger charge is 2.37. The van der Waals surface area contributed by atoms with Crippen molar-refractivity contribution in [3.63, 3.8) is 0 Å². The molecule has 1 aromatic carbocycles. The van der Waals surface area contributed by atoms with Gasteiger partial charge in [-0.3, -0.25) is 9.59 Å². The van der Waals surface area contributed by atoms with Crippen LogP contribution < -0.4 is 9.47 Å². The van der Waals surface area contributed by atoms with E-state index in [2.05, 4.69) is 0 Å². The van der Waals surface area contributed by atoms with Crippen LogP contribution >= 0.6 is 0 Å². The zero-order valence-electron chi connectivity index (χ0n) is 13.5. The molecular weight excluding hydrogens is 300 g/mol. The number of ether oxygens (including phenoxy) is 3. The summed E-state index contributed by atoms with van der Waals surface area (Å²) >= 11 is 0. The van der Waals surface area contributed by atoms with Gasteiger partial charge in [-0.15, -0.1) is 0 Å². The average Bonchev–Trinajstić information content (AvgIpc) is 2.93. The van der Waals surface area contributed by atoms with Gasteiger partial charge in [-0.05, 0) is 19.9 Å². The third-order valence-electron chi connectivity index (χ3n) is 4.07. The number of carbonyl (C=O) groups is 2. The SMILES string of the molecule is COC1=C(C)C(=O)c2oc3c(C)c(OC)c(OC)cc3c2C1=O. The molecule has 6 nitrogen and oxygen atoms in total. The number of hydrogen-bond acceptors (Lipinski definition) is 6. The van der Waals surface area contributed by atoms with E-state index in [1.54, 1.807) is 19.9 Å². The zero-order valence-corrected chi connectivity index (χ0v) is 13.5. The van der Waals surface area contributed by atoms with E-state index in [0.29, 0.717) is 28.0 Å². The quantitative estimate of drug-likeness (QED) is 0.866. The predicted molar refractivity (Wildman–Crippen MR) is 82.4 cm³/mol. The number of furan rings is 1. The molecule has 0 radical (unpaired) electrons. The number of carbonyl (C=O) groups excluding carboxylic acids is 2. The Morgan fingerprint density at radius 3 is 2.22 bits per heavy atom. The topological polar surface area (TPSA) is 75.0 Å². The van der Waals surface area contributed by atoms with Gasteiger partial charge in [0.1, 0.15) is 5.58 Å². The lowest BCUT2D eigenvalue weighted by Crippen LogP contribution is -2.20. The first kappa shape index (κ1) is 15.1. The van der Waals surface area contributed by atoms with Crippen molar-refractivity contribution in [3.05, 3.63) is 34.3 Å². The highest BCUT2D eigenvalue weighted by atomic mass is 16.5. The summed E-state index contributed by atoms with van der Waals surface area (Å²) in [6.45, 7) is 3.33. The first-order valence-electron chi connectivity index (χ1n) is 6.98. The van der Waals surface area contributed by atoms with Crippen molar-refractivity contribution in [2.45, 2.75) is 13.8 Å². The summed E-state index contributed by atoms with van der Waals surface area (Å²) < 4.78 is 21.5. The standard InChI is InChI=1S/C17H16O6/c1-7-12(18)17-11(13(19)16(7)22-5)9-6-10(20-3)15(21-4)8(2)14(9)23-17/h6H,1-5H3. The van der Waals surface area contributed by atoms with Gasteiger partial charge in [-0.1, -0.05) is 0 Å². The van der Waals surface area contributed by atoms with Gasteiger partial charge in [0.15, 0.2) is 23.0 Å². The molecule has 1 aliphatic rings. The molecule has 2 aromatic rings. The van der Waals surface area contributed by atoms with E-state index in [0.717, 1.165) is 0 Å². The zero-order chi connectivity index (χ0) is 16.9. The molecule has 0 fully saturated rings. The third-order valence-corrected chi connectivity index (χ3v) is 4.07. The number of ketones is 2. The van der Waals surface area contributed by atoms with E-state index in [1.165, 1.54) is 21.3 Å². The molecular formula is C17H16O6. The number of allylic oxidation sites excluding steroid dienone is 2. The minimum atomic E-state index is -0.370. The maximum atomic E-state index is 12.7. The van der Waals surface area contributed by atoms with Crippen molar-refractivity contribution < 1.29 is 28.2 Å². The minimum Gasteiger partial charge on any atom is -0.493 e. The fourth-order valence-corrected chi connectivity index (χ4v) is 2.94. The molecule has 0 unspecified atom stereocenters. The number of benzene rings is 1. The van der Waals surface area contributed by atoms with Gasteiger partial charge in [0, 0.05) is 16.5 Å². The molecule has 0 saturated heterocycles. The van der Waals surface area contributed by atoms with E-state index in [4.69, 9.17) is 18.6 Å². The van der Waals surface area contributed by atoms with Crippen LogP contribution in [0, 0.1) is 6.92 Å². The number of methoxy groups -OCH3 is 3. The predicted octanol–water partition coefficient (Wildman–Crippen LogP) is 3.06. The molecule has 1 aliphatic carbocycles. The Bertz CT molecular complexity index is 884. The number of rotatable bonds is 3. The van der Waals surface area contributed by atoms with Crippen LogP contribution in [-0.2, 0) is 4.74 Å². The van der Waals surface area contributed by atoms with Gasteiger partial charge >= 0.3 is 0 Å². The van der Waals surface area contributed by atoms with E-state index in [1.807, 2.05) is 0 Å². The highest BCUT2D eigenvalue weighted by molar-refractivity contribution is 6.29. The molecule has 23 heavy (non-hydrogen) atoms. The van der Waals surface area contributed by atoms with Crippen molar-refractivity contribution in [3.8, 4) is 11.5 Å². The first-order valence-corrected chi connectivity index (χ1v) is 6.98. The fourth-order valence-electron chi connectivity index (χ4n) is 2.94. The summed E-state index contributed by atoms with van der Waals surface area (Å²) in [7, 11) is 4.39. The second-order valence-corrected chi connectivity index (χ2v) is 5.24. The van der Waals surface area contributed by atoms with Crippen LogP contribution in [-0.4, -0.2) is 32.9 Å². The summed E-state index contributed by atoms with van der Waals surface area (Å²) in [5.74, 6) is 0.309. The maximum Gasteiger partial charge on any atom is 0.232 e. The Morgan fingerprint density at radius 1 is 0.957 bits per heavy atom. The molecule has 0 aliphatic heterocycles. The fraction of sp³-hybridized carbons (Fsp3) is 0.294. The molecule has 1 heterocycles. The number of fused-ring (bicyclic) bond motifs is 3. The normalized spacial score (nSPS) is 14.3. The number of Topliss-reactive ketones (excluding diaryl/α,β-unsaturated/α-hetero) is 2. The lowest BCUT2D eigenvalue weighted by atomic mass is 9.92. The molecule has 0 spiro atoms. The van der Waals surface area contributed by atoms with Gasteiger partial charge in [0.25, 0.3) is 0 Å². The molecule has 0 atom stereocenters. The number of hydrogen-bond donors (Lipinski definition) is 0. The van der Waals surface area contributed by atoms with Crippen molar-refractivity contribution in [2.24, 2.45) is 0 Å². The Kier molecular flexibility index (Phi) is 3.39. The molecule has 120 valence electrons. The van der Waals surface area contributed by atoms with Crippen LogP contribution in [0.15, 0.2) is 21.8 Å². The third kappa shape index (κ3) is 1.87. The van der Waals surface area contributed by atoms with Gasteiger partial charge in [0.2, 0.25) is 11.6 Å². The molecule has 0 amide bonds. The Labute approximate surface area is 132 Å². The van der Waals surface area contributed by atoms with E-state index >= 15 is 0 Å². The van der Waals surface area contributed by atoms with Crippen molar-refractivity contribution in [2.75, 3.05) is 21.3 Å². The second-order valence-electron chi connectivity index (χ2n) is 5.24. The molecule has 0 bridgehead atoms. The van der Waals surface area contributed by atoms with E-state index < -0.39 is 0 Å². The monoisotopic (exact) mass is 316 g/mol. The van der Waals surface area contributed by atoms with E-state index in [-0.39, 0.29) is 34.2 Å². The molecule has 0 saturated carbocycles. The lowest BCUT2D eigenvalue weighted by molar-refractivity contribution is 0.0895. The molecule has 6 heteroatoms. The van der Waals surface area contributed by atoms with E-state index in [9.17, 15) is 9.59 Å². The van der Waals surface area contributed by atoms with Gasteiger partial charge in [-0.2, -0.15) is 0 Å². The highest BCUT2D eigenvalue weighted by Crippen LogP contribution is 2.42. The van der Waals surface area contributed by atoms with Crippen molar-refractivity contribution in [1.82, 2.24) is 0 Å². The lowest BCUT2D eigenvalue weighted by Gasteiger charge is -2.14. The molecule has 0 N–H and O–H groups in total. The number of aryl methyl sites for hydroxylation is 1. The van der Waals surface area contributed by atoms with Gasteiger partial charge in [0.05, 0.1) is 26.9 Å². The summed E-state index contributed by atoms with van der Waals surface area (Å²) in [5.41, 5.74) is 1.53. The Hall–Kier alpha value is -2.76. The Balaban J connectivity index is 2.41. The van der Waals surface area contributed by atoms with Gasteiger partial charge in [-0.25, -0.2) is 0 Å². The van der Waals surface area contributed by atoms with Crippen molar-refractivity contribution >= 4 is 22.5 Å². The van der Waals surface area contributed by atoms with Crippen LogP contribution in [0.25, 0.3) is 11.0 Å². The Morgan fingerprint density at radius 2 is 1.65 bits per heavy atom. The maximum absolute atomic E-state index is 12.7. The minimum absolute atomic E-state index is 0.0294. The van der Waals surface area contributed by atoms with Crippen LogP contribution in [0.4, 0.5) is 0 Å². The van der Waals surface area contributed by atoms with Crippen LogP contribution in [0.3, 0.4) is 0 Å². The average molecular weight is 316 g/mol. The summed E-state index contributed by atoms with van der Waals surface area (Å²) in [4.78, 5) is 25.2. The summed E-state index contributed by atoms with van der Waals surface area (Å²) in [6, 6.07) is 1.64. The van der Waals surface area contributed by atoms with Crippen molar-refractivity contribution in [1.29, 1.82) is 0 Å². The first-order chi connectivity index (χ1) is 11.0. The van der Waals surface area contributed by atoms with Crippen LogP contribution in [0.2, 0.25) is 0 Å². The van der Waals surface area contributed by atoms with Crippen LogP contribution in [0.1, 0.15) is 33.4 Å². The smallest absolute Gasteiger partial charge is 0.232 e. The second kappa shape index (κ2) is 5.15. The largest absolute Gasteiger partial charge is 0.493 e. The summed E-state index contributed by atoms with van der Waals surface area (Å²) in [6.07, 6.45) is 0.